The number of hydrogen-bond acceptors (Lipinski definition) is 4. The first-order valence-corrected chi connectivity index (χ1v) is 5.50. The summed E-state index contributed by atoms with van der Waals surface area (Å²) in [5.74, 6) is -1.17. The van der Waals surface area contributed by atoms with Gasteiger partial charge in [-0.3, -0.25) is 0 Å². The minimum Gasteiger partial charge on any atom is -0.443 e. The summed E-state index contributed by atoms with van der Waals surface area (Å²) in [5.41, 5.74) is 4.67. The van der Waals surface area contributed by atoms with Crippen molar-refractivity contribution in [3.05, 3.63) is 18.2 Å². The Hall–Kier alpha value is -1.50. The molecule has 0 aromatic carbocycles. The van der Waals surface area contributed by atoms with E-state index in [1.165, 1.54) is 6.20 Å². The lowest BCUT2D eigenvalue weighted by molar-refractivity contribution is 0.0535. The van der Waals surface area contributed by atoms with E-state index >= 15 is 0 Å². The van der Waals surface area contributed by atoms with E-state index in [4.69, 9.17) is 10.5 Å². The van der Waals surface area contributed by atoms with E-state index in [1.807, 2.05) is 0 Å². The van der Waals surface area contributed by atoms with Crippen molar-refractivity contribution >= 4 is 6.09 Å². The Bertz CT molecular complexity index is 413. The van der Waals surface area contributed by atoms with Gasteiger partial charge in [-0.05, 0) is 20.8 Å². The van der Waals surface area contributed by atoms with Crippen LogP contribution in [0, 0.1) is 0 Å². The second-order valence-corrected chi connectivity index (χ2v) is 4.86. The van der Waals surface area contributed by atoms with Crippen molar-refractivity contribution in [1.82, 2.24) is 9.55 Å². The van der Waals surface area contributed by atoms with E-state index in [0.717, 1.165) is 10.9 Å². The van der Waals surface area contributed by atoms with E-state index in [-0.39, 0.29) is 12.2 Å². The lowest BCUT2D eigenvalue weighted by Crippen LogP contribution is -2.26. The molecule has 18 heavy (non-hydrogen) atoms. The number of nitrogens with zero attached hydrogens (tertiary/aromatic N) is 2. The predicted molar refractivity (Wildman–Crippen MR) is 61.7 cm³/mol. The fourth-order valence-corrected chi connectivity index (χ4v) is 1.30. The summed E-state index contributed by atoms with van der Waals surface area (Å²) in [6.45, 7) is 4.91. The average Bonchev–Trinajstić information content (AvgIpc) is 2.64. The minimum atomic E-state index is -2.61. The van der Waals surface area contributed by atoms with Crippen LogP contribution in [-0.2, 0) is 4.74 Å². The molecule has 0 saturated heterocycles. The Morgan fingerprint density at radius 3 is 2.61 bits per heavy atom. The maximum absolute atomic E-state index is 12.6. The van der Waals surface area contributed by atoms with Gasteiger partial charge in [0.1, 0.15) is 11.9 Å². The molecule has 0 aliphatic heterocycles. The molecular formula is C11H17F2N3O2. The molecule has 5 nitrogen and oxygen atoms in total. The topological polar surface area (TPSA) is 70.1 Å². The van der Waals surface area contributed by atoms with E-state index in [0.29, 0.717) is 0 Å². The van der Waals surface area contributed by atoms with Crippen LogP contribution in [-0.4, -0.2) is 34.2 Å². The number of carbonyl (C=O) groups is 1. The summed E-state index contributed by atoms with van der Waals surface area (Å²) < 4.78 is 31.4. The SMILES string of the molecule is CC(C)(C)OC(=O)n1cnc(C(CN)C(F)F)c1. The highest BCUT2D eigenvalue weighted by Crippen LogP contribution is 2.20. The van der Waals surface area contributed by atoms with E-state index < -0.39 is 24.0 Å². The van der Waals surface area contributed by atoms with Crippen molar-refractivity contribution < 1.29 is 18.3 Å². The van der Waals surface area contributed by atoms with E-state index in [9.17, 15) is 13.6 Å². The molecule has 0 radical (unpaired) electrons. The Balaban J connectivity index is 2.83. The zero-order valence-electron chi connectivity index (χ0n) is 10.6. The highest BCUT2D eigenvalue weighted by Gasteiger charge is 2.25. The summed E-state index contributed by atoms with van der Waals surface area (Å²) in [6.07, 6.45) is -0.907. The fourth-order valence-electron chi connectivity index (χ4n) is 1.30. The van der Waals surface area contributed by atoms with Crippen LogP contribution in [0.5, 0.6) is 0 Å². The van der Waals surface area contributed by atoms with Gasteiger partial charge in [-0.25, -0.2) is 23.1 Å². The first-order valence-electron chi connectivity index (χ1n) is 5.50. The predicted octanol–water partition coefficient (Wildman–Crippen LogP) is 1.97. The fraction of sp³-hybridized carbons (Fsp3) is 0.636. The largest absolute Gasteiger partial charge is 0.443 e. The van der Waals surface area contributed by atoms with Crippen LogP contribution in [0.2, 0.25) is 0 Å². The molecule has 1 aromatic heterocycles. The average molecular weight is 261 g/mol. The van der Waals surface area contributed by atoms with Crippen molar-refractivity contribution in [2.24, 2.45) is 5.73 Å². The van der Waals surface area contributed by atoms with Gasteiger partial charge >= 0.3 is 6.09 Å². The molecule has 0 bridgehead atoms. The molecule has 0 fully saturated rings. The maximum Gasteiger partial charge on any atom is 0.419 e. The van der Waals surface area contributed by atoms with Gasteiger partial charge in [0, 0.05) is 12.7 Å². The second kappa shape index (κ2) is 5.43. The van der Waals surface area contributed by atoms with Crippen molar-refractivity contribution in [2.45, 2.75) is 38.7 Å². The van der Waals surface area contributed by atoms with E-state index in [1.54, 1.807) is 20.8 Å². The van der Waals surface area contributed by atoms with Crippen LogP contribution >= 0.6 is 0 Å². The Labute approximate surface area is 104 Å². The molecule has 1 atom stereocenters. The molecule has 1 heterocycles. The number of rotatable bonds is 3. The monoisotopic (exact) mass is 261 g/mol. The second-order valence-electron chi connectivity index (χ2n) is 4.86. The molecule has 0 aliphatic rings. The van der Waals surface area contributed by atoms with Crippen LogP contribution in [0.15, 0.2) is 12.5 Å². The van der Waals surface area contributed by atoms with Gasteiger partial charge in [-0.15, -0.1) is 0 Å². The molecule has 0 amide bonds. The molecule has 1 unspecified atom stereocenters. The third kappa shape index (κ3) is 3.76. The third-order valence-corrected chi connectivity index (χ3v) is 2.14. The van der Waals surface area contributed by atoms with Crippen LogP contribution < -0.4 is 5.73 Å². The van der Waals surface area contributed by atoms with Gasteiger partial charge in [0.15, 0.2) is 0 Å². The van der Waals surface area contributed by atoms with Gasteiger partial charge in [0.2, 0.25) is 6.43 Å². The third-order valence-electron chi connectivity index (χ3n) is 2.14. The molecular weight excluding hydrogens is 244 g/mol. The molecule has 1 rings (SSSR count). The quantitative estimate of drug-likeness (QED) is 0.903. The maximum atomic E-state index is 12.6. The summed E-state index contributed by atoms with van der Waals surface area (Å²) in [4.78, 5) is 15.4. The van der Waals surface area contributed by atoms with Crippen LogP contribution in [0.25, 0.3) is 0 Å². The van der Waals surface area contributed by atoms with Gasteiger partial charge in [-0.2, -0.15) is 0 Å². The number of halogens is 2. The Kier molecular flexibility index (Phi) is 4.39. The van der Waals surface area contributed by atoms with Crippen molar-refractivity contribution in [1.29, 1.82) is 0 Å². The number of hydrogen-bond donors (Lipinski definition) is 1. The Morgan fingerprint density at radius 1 is 1.56 bits per heavy atom. The normalized spacial score (nSPS) is 13.7. The summed E-state index contributed by atoms with van der Waals surface area (Å²) in [6, 6.07) is 0. The number of nitrogens with two attached hydrogens (primary N) is 1. The molecule has 7 heteroatoms. The van der Waals surface area contributed by atoms with Gasteiger partial charge in [-0.1, -0.05) is 0 Å². The smallest absolute Gasteiger partial charge is 0.419 e. The van der Waals surface area contributed by atoms with Crippen molar-refractivity contribution in [3.63, 3.8) is 0 Å². The number of imidazole rings is 1. The van der Waals surface area contributed by atoms with Crippen molar-refractivity contribution in [2.75, 3.05) is 6.54 Å². The zero-order valence-corrected chi connectivity index (χ0v) is 10.6. The summed E-state index contributed by atoms with van der Waals surface area (Å²) in [7, 11) is 0. The summed E-state index contributed by atoms with van der Waals surface area (Å²) >= 11 is 0. The highest BCUT2D eigenvalue weighted by molar-refractivity contribution is 5.70. The molecule has 0 aliphatic carbocycles. The number of ether oxygens (including phenoxy) is 1. The van der Waals surface area contributed by atoms with E-state index in [2.05, 4.69) is 4.98 Å². The van der Waals surface area contributed by atoms with Gasteiger partial charge in [0.05, 0.1) is 11.6 Å². The van der Waals surface area contributed by atoms with Crippen LogP contribution in [0.1, 0.15) is 32.4 Å². The standard InChI is InChI=1S/C11H17F2N3O2/c1-11(2,3)18-10(17)16-5-8(15-6-16)7(4-14)9(12)13/h5-7,9H,4,14H2,1-3H3. The first kappa shape index (κ1) is 14.6. The number of carbonyl (C=O) groups excluding carboxylic acids is 1. The number of aromatic nitrogens is 2. The molecule has 2 N–H and O–H groups in total. The lowest BCUT2D eigenvalue weighted by atomic mass is 10.1. The minimum absolute atomic E-state index is 0.0818. The number of alkyl halides is 2. The zero-order chi connectivity index (χ0) is 13.9. The van der Waals surface area contributed by atoms with Crippen LogP contribution in [0.4, 0.5) is 13.6 Å². The van der Waals surface area contributed by atoms with Gasteiger partial charge in [0.25, 0.3) is 0 Å². The first-order chi connectivity index (χ1) is 8.24. The van der Waals surface area contributed by atoms with Crippen LogP contribution in [0.3, 0.4) is 0 Å². The van der Waals surface area contributed by atoms with Crippen molar-refractivity contribution in [3.8, 4) is 0 Å². The molecule has 1 aromatic rings. The van der Waals surface area contributed by atoms with Gasteiger partial charge < -0.3 is 10.5 Å². The summed E-state index contributed by atoms with van der Waals surface area (Å²) in [5, 5.41) is 0. The Morgan fingerprint density at radius 2 is 2.17 bits per heavy atom. The lowest BCUT2D eigenvalue weighted by Gasteiger charge is -2.19. The molecule has 0 spiro atoms. The molecule has 0 saturated carbocycles. The molecule has 102 valence electrons. The highest BCUT2D eigenvalue weighted by atomic mass is 19.3.